The zero-order chi connectivity index (χ0) is 43.1. The van der Waals surface area contributed by atoms with E-state index in [-0.39, 0.29) is 24.9 Å². The van der Waals surface area contributed by atoms with Crippen LogP contribution < -0.4 is 5.32 Å². The number of aliphatic hydroxyl groups excluding tert-OH is 2. The maximum Gasteiger partial charge on any atom is 0.306 e. The molecule has 1 amide bonds. The highest BCUT2D eigenvalue weighted by Gasteiger charge is 2.24. The zero-order valence-electron chi connectivity index (χ0n) is 38.6. The van der Waals surface area contributed by atoms with Crippen LogP contribution in [0.25, 0.3) is 0 Å². The predicted octanol–water partition coefficient (Wildman–Crippen LogP) is 14.6. The van der Waals surface area contributed by atoms with E-state index in [1.54, 1.807) is 0 Å². The average Bonchev–Trinajstić information content (AvgIpc) is 3.23. The molecule has 6 nitrogen and oxygen atoms in total. The summed E-state index contributed by atoms with van der Waals surface area (Å²) in [6, 6.07) is -0.725. The Bertz CT molecular complexity index is 1110. The number of esters is 1. The quantitative estimate of drug-likeness (QED) is 0.0323. The third-order valence-electron chi connectivity index (χ3n) is 11.0. The molecule has 340 valence electrons. The largest absolute Gasteiger partial charge is 0.462 e. The number of allylic oxidation sites excluding steroid dienone is 12. The Hall–Kier alpha value is -2.70. The van der Waals surface area contributed by atoms with Crippen LogP contribution in [-0.4, -0.2) is 46.9 Å². The van der Waals surface area contributed by atoms with Crippen molar-refractivity contribution in [3.8, 4) is 0 Å². The van der Waals surface area contributed by atoms with Gasteiger partial charge in [-0.1, -0.05) is 248 Å². The summed E-state index contributed by atoms with van der Waals surface area (Å²) in [5.41, 5.74) is 0. The van der Waals surface area contributed by atoms with E-state index in [9.17, 15) is 19.8 Å². The van der Waals surface area contributed by atoms with Crippen molar-refractivity contribution >= 4 is 11.9 Å². The van der Waals surface area contributed by atoms with Crippen LogP contribution in [0.5, 0.6) is 0 Å². The second-order valence-electron chi connectivity index (χ2n) is 16.6. The predicted molar refractivity (Wildman–Crippen MR) is 255 cm³/mol. The third kappa shape index (κ3) is 41.8. The lowest BCUT2D eigenvalue weighted by atomic mass is 10.0. The maximum absolute atomic E-state index is 13.1. The van der Waals surface area contributed by atoms with E-state index in [2.05, 4.69) is 38.2 Å². The minimum absolute atomic E-state index is 0.0258. The Morgan fingerprint density at radius 1 is 0.508 bits per heavy atom. The first kappa shape index (κ1) is 56.3. The van der Waals surface area contributed by atoms with E-state index in [0.29, 0.717) is 19.3 Å². The van der Waals surface area contributed by atoms with Gasteiger partial charge in [-0.2, -0.15) is 0 Å². The van der Waals surface area contributed by atoms with Crippen molar-refractivity contribution in [2.24, 2.45) is 0 Å². The van der Waals surface area contributed by atoms with Gasteiger partial charge >= 0.3 is 5.97 Å². The first-order valence-corrected chi connectivity index (χ1v) is 24.7. The number of rotatable bonds is 43. The number of hydrogen-bond acceptors (Lipinski definition) is 5. The van der Waals surface area contributed by atoms with Crippen molar-refractivity contribution in [2.45, 2.75) is 244 Å². The molecule has 0 bridgehead atoms. The van der Waals surface area contributed by atoms with Crippen molar-refractivity contribution < 1.29 is 24.5 Å². The summed E-state index contributed by atoms with van der Waals surface area (Å²) in [5, 5.41) is 23.6. The maximum atomic E-state index is 13.1. The molecule has 0 radical (unpaired) electrons. The molecule has 0 saturated heterocycles. The molecule has 0 rings (SSSR count). The van der Waals surface area contributed by atoms with Crippen molar-refractivity contribution in [3.63, 3.8) is 0 Å². The van der Waals surface area contributed by atoms with Crippen LogP contribution in [0.3, 0.4) is 0 Å². The summed E-state index contributed by atoms with van der Waals surface area (Å²) >= 11 is 0. The van der Waals surface area contributed by atoms with Crippen molar-refractivity contribution in [2.75, 3.05) is 6.61 Å². The van der Waals surface area contributed by atoms with E-state index in [0.717, 1.165) is 57.8 Å². The summed E-state index contributed by atoms with van der Waals surface area (Å²) in [5.74, 6) is -0.549. The van der Waals surface area contributed by atoms with E-state index in [1.165, 1.54) is 122 Å². The first-order chi connectivity index (χ1) is 29.0. The second-order valence-corrected chi connectivity index (χ2v) is 16.6. The Labute approximate surface area is 364 Å². The molecular weight excluding hydrogens is 731 g/mol. The molecule has 0 fully saturated rings. The number of carbonyl (C=O) groups excluding carboxylic acids is 2. The fourth-order valence-electron chi connectivity index (χ4n) is 7.23. The average molecular weight is 824 g/mol. The van der Waals surface area contributed by atoms with Gasteiger partial charge in [0.2, 0.25) is 5.91 Å². The van der Waals surface area contributed by atoms with E-state index in [4.69, 9.17) is 4.74 Å². The van der Waals surface area contributed by atoms with E-state index in [1.807, 2.05) is 60.8 Å². The van der Waals surface area contributed by atoms with Gasteiger partial charge in [0.05, 0.1) is 25.2 Å². The van der Waals surface area contributed by atoms with E-state index >= 15 is 0 Å². The van der Waals surface area contributed by atoms with Crippen molar-refractivity contribution in [1.29, 1.82) is 0 Å². The van der Waals surface area contributed by atoms with Gasteiger partial charge in [-0.25, -0.2) is 0 Å². The molecule has 3 atom stereocenters. The minimum atomic E-state index is -0.807. The van der Waals surface area contributed by atoms with Crippen LogP contribution in [0, 0.1) is 0 Å². The molecule has 0 heterocycles. The van der Waals surface area contributed by atoms with Crippen molar-refractivity contribution in [1.82, 2.24) is 5.32 Å². The number of aliphatic hydroxyl groups is 2. The first-order valence-electron chi connectivity index (χ1n) is 24.7. The Kier molecular flexibility index (Phi) is 44.2. The molecular formula is C53H93NO5. The van der Waals surface area contributed by atoms with Crippen LogP contribution in [0.1, 0.15) is 226 Å². The molecule has 0 aromatic rings. The molecule has 3 N–H and O–H groups in total. The fourth-order valence-corrected chi connectivity index (χ4v) is 7.23. The van der Waals surface area contributed by atoms with Gasteiger partial charge in [0.15, 0.2) is 0 Å². The molecule has 0 aliphatic rings. The molecule has 0 aromatic carbocycles. The highest BCUT2D eigenvalue weighted by atomic mass is 16.5. The SMILES string of the molecule is CC\C=C/C=C/C=C/C=C\C=C\C=C\CCCC(CC(=O)NC(CO)C(O)CCCCCCCCCCC)OC(=O)CCCCCCCCCCCCCCCCCC. The number of nitrogens with one attached hydrogen (secondary N) is 1. The van der Waals surface area contributed by atoms with Gasteiger partial charge < -0.3 is 20.3 Å². The summed E-state index contributed by atoms with van der Waals surface area (Å²) in [6.45, 7) is 6.29. The van der Waals surface area contributed by atoms with Gasteiger partial charge in [-0.3, -0.25) is 9.59 Å². The van der Waals surface area contributed by atoms with E-state index < -0.39 is 18.2 Å². The van der Waals surface area contributed by atoms with Crippen molar-refractivity contribution in [3.05, 3.63) is 72.9 Å². The molecule has 0 aliphatic carbocycles. The monoisotopic (exact) mass is 824 g/mol. The third-order valence-corrected chi connectivity index (χ3v) is 11.0. The summed E-state index contributed by atoms with van der Waals surface area (Å²) < 4.78 is 5.89. The molecule has 0 spiro atoms. The minimum Gasteiger partial charge on any atom is -0.462 e. The van der Waals surface area contributed by atoms with Gasteiger partial charge in [0.25, 0.3) is 0 Å². The molecule has 3 unspecified atom stereocenters. The lowest BCUT2D eigenvalue weighted by Gasteiger charge is -2.24. The van der Waals surface area contributed by atoms with Gasteiger partial charge in [0, 0.05) is 6.42 Å². The summed E-state index contributed by atoms with van der Waals surface area (Å²) in [6.07, 6.45) is 58.3. The standard InChI is InChI=1S/C53H93NO5/c1-4-7-10-13-16-19-21-23-25-27-29-31-34-37-40-43-46-53(58)59-49(44-41-38-35-33-30-28-26-24-22-20-17-14-11-8-5-2)47-52(57)54-50(48-55)51(56)45-42-39-36-32-18-15-12-9-6-3/h8,11,14,17,20,22,24,26,28,30,33,35,49-51,55-56H,4-7,9-10,12-13,15-16,18-19,21,23,25,27,29,31-32,34,36-48H2,1-3H3,(H,54,57)/b11-8-,17-14+,22-20+,26-24-,30-28+,35-33+. The molecule has 0 saturated carbocycles. The highest BCUT2D eigenvalue weighted by Crippen LogP contribution is 2.17. The highest BCUT2D eigenvalue weighted by molar-refractivity contribution is 5.77. The zero-order valence-corrected chi connectivity index (χ0v) is 38.6. The number of hydrogen-bond donors (Lipinski definition) is 3. The fraction of sp³-hybridized carbons (Fsp3) is 0.736. The van der Waals surface area contributed by atoms with Crippen LogP contribution in [0.4, 0.5) is 0 Å². The number of ether oxygens (including phenoxy) is 1. The summed E-state index contributed by atoms with van der Waals surface area (Å²) in [4.78, 5) is 26.1. The number of unbranched alkanes of at least 4 members (excludes halogenated alkanes) is 24. The van der Waals surface area contributed by atoms with Crippen LogP contribution in [0.15, 0.2) is 72.9 Å². The lowest BCUT2D eigenvalue weighted by Crippen LogP contribution is -2.46. The smallest absolute Gasteiger partial charge is 0.306 e. The molecule has 0 aliphatic heterocycles. The Morgan fingerprint density at radius 3 is 1.36 bits per heavy atom. The van der Waals surface area contributed by atoms with Crippen LogP contribution in [-0.2, 0) is 14.3 Å². The van der Waals surface area contributed by atoms with Gasteiger partial charge in [0.1, 0.15) is 6.10 Å². The van der Waals surface area contributed by atoms with Crippen LogP contribution in [0.2, 0.25) is 0 Å². The Balaban J connectivity index is 4.71. The number of carbonyl (C=O) groups is 2. The second kappa shape index (κ2) is 46.4. The number of amides is 1. The Morgan fingerprint density at radius 2 is 0.915 bits per heavy atom. The summed E-state index contributed by atoms with van der Waals surface area (Å²) in [7, 11) is 0. The molecule has 59 heavy (non-hydrogen) atoms. The van der Waals surface area contributed by atoms with Crippen LogP contribution >= 0.6 is 0 Å². The topological polar surface area (TPSA) is 95.9 Å². The van der Waals surface area contributed by atoms with Gasteiger partial charge in [-0.05, 0) is 38.5 Å². The van der Waals surface area contributed by atoms with Gasteiger partial charge in [-0.15, -0.1) is 0 Å². The molecule has 6 heteroatoms. The normalized spacial score (nSPS) is 13.9. The lowest BCUT2D eigenvalue weighted by molar-refractivity contribution is -0.151. The molecule has 0 aromatic heterocycles.